The first-order chi connectivity index (χ1) is 11.2. The lowest BCUT2D eigenvalue weighted by molar-refractivity contribution is -0.123. The van der Waals surface area contributed by atoms with Crippen molar-refractivity contribution in [1.29, 1.82) is 0 Å². The lowest BCUT2D eigenvalue weighted by Gasteiger charge is -2.26. The van der Waals surface area contributed by atoms with Gasteiger partial charge in [-0.05, 0) is 49.9 Å². The summed E-state index contributed by atoms with van der Waals surface area (Å²) in [6, 6.07) is 7.16. The fraction of sp³-hybridized carbons (Fsp3) is 0.611. The summed E-state index contributed by atoms with van der Waals surface area (Å²) >= 11 is 0. The molecule has 1 aromatic rings. The third-order valence-electron chi connectivity index (χ3n) is 4.21. The van der Waals surface area contributed by atoms with Gasteiger partial charge in [0, 0.05) is 6.54 Å². The first kappa shape index (κ1) is 17.6. The highest BCUT2D eigenvalue weighted by molar-refractivity contribution is 5.77. The van der Waals surface area contributed by atoms with Gasteiger partial charge in [-0.15, -0.1) is 0 Å². The minimum atomic E-state index is -0.454. The molecule has 5 nitrogen and oxygen atoms in total. The average Bonchev–Trinajstić information content (AvgIpc) is 2.60. The van der Waals surface area contributed by atoms with Crippen molar-refractivity contribution >= 4 is 5.91 Å². The lowest BCUT2D eigenvalue weighted by atomic mass is 9.85. The van der Waals surface area contributed by atoms with Crippen LogP contribution >= 0.6 is 0 Å². The number of benzene rings is 1. The van der Waals surface area contributed by atoms with Gasteiger partial charge in [-0.2, -0.15) is 0 Å². The van der Waals surface area contributed by atoms with E-state index < -0.39 is 6.10 Å². The van der Waals surface area contributed by atoms with Gasteiger partial charge in [0.15, 0.2) is 6.61 Å². The molecule has 0 radical (unpaired) electrons. The van der Waals surface area contributed by atoms with Gasteiger partial charge in [0.2, 0.25) is 0 Å². The number of carbonyl (C=O) groups is 1. The van der Waals surface area contributed by atoms with E-state index in [1.54, 1.807) is 12.1 Å². The van der Waals surface area contributed by atoms with Crippen LogP contribution in [-0.2, 0) is 4.79 Å². The van der Waals surface area contributed by atoms with Gasteiger partial charge in [0.1, 0.15) is 11.5 Å². The van der Waals surface area contributed by atoms with Crippen LogP contribution in [0.15, 0.2) is 24.3 Å². The molecule has 2 N–H and O–H groups in total. The third-order valence-corrected chi connectivity index (χ3v) is 4.21. The number of nitrogens with one attached hydrogen (secondary N) is 1. The maximum atomic E-state index is 11.8. The van der Waals surface area contributed by atoms with Crippen molar-refractivity contribution in [1.82, 2.24) is 5.32 Å². The van der Waals surface area contributed by atoms with Gasteiger partial charge in [-0.25, -0.2) is 0 Å². The first-order valence-corrected chi connectivity index (χ1v) is 8.49. The van der Waals surface area contributed by atoms with Crippen molar-refractivity contribution in [3.8, 4) is 11.5 Å². The van der Waals surface area contributed by atoms with E-state index in [1.807, 2.05) is 19.1 Å². The van der Waals surface area contributed by atoms with Crippen molar-refractivity contribution < 1.29 is 19.4 Å². The van der Waals surface area contributed by atoms with E-state index in [2.05, 4.69) is 5.32 Å². The summed E-state index contributed by atoms with van der Waals surface area (Å²) in [6.07, 6.45) is 5.27. The van der Waals surface area contributed by atoms with Crippen molar-refractivity contribution in [3.05, 3.63) is 24.3 Å². The van der Waals surface area contributed by atoms with Gasteiger partial charge >= 0.3 is 0 Å². The van der Waals surface area contributed by atoms with Gasteiger partial charge < -0.3 is 19.9 Å². The molecule has 0 aliphatic heterocycles. The lowest BCUT2D eigenvalue weighted by Crippen LogP contribution is -2.39. The maximum absolute atomic E-state index is 11.8. The molecule has 0 heterocycles. The van der Waals surface area contributed by atoms with Crippen molar-refractivity contribution in [2.45, 2.75) is 45.1 Å². The predicted molar refractivity (Wildman–Crippen MR) is 88.7 cm³/mol. The summed E-state index contributed by atoms with van der Waals surface area (Å²) in [5.41, 5.74) is 0. The molecule has 1 saturated carbocycles. The Morgan fingerprint density at radius 2 is 1.78 bits per heavy atom. The first-order valence-electron chi connectivity index (χ1n) is 8.49. The van der Waals surface area contributed by atoms with Gasteiger partial charge in [0.25, 0.3) is 5.91 Å². The number of hydrogen-bond donors (Lipinski definition) is 2. The number of hydrogen-bond acceptors (Lipinski definition) is 4. The summed E-state index contributed by atoms with van der Waals surface area (Å²) in [7, 11) is 0. The topological polar surface area (TPSA) is 67.8 Å². The Hall–Kier alpha value is -1.75. The maximum Gasteiger partial charge on any atom is 0.258 e. The largest absolute Gasteiger partial charge is 0.494 e. The molecule has 0 spiro atoms. The summed E-state index contributed by atoms with van der Waals surface area (Å²) in [6.45, 7) is 2.80. The third kappa shape index (κ3) is 6.10. The van der Waals surface area contributed by atoms with E-state index in [-0.39, 0.29) is 12.5 Å². The molecule has 0 bridgehead atoms. The zero-order valence-electron chi connectivity index (χ0n) is 13.8. The highest BCUT2D eigenvalue weighted by Gasteiger charge is 2.21. The van der Waals surface area contributed by atoms with Crippen molar-refractivity contribution in [2.75, 3.05) is 19.8 Å². The van der Waals surface area contributed by atoms with Crippen LogP contribution in [-0.4, -0.2) is 36.9 Å². The van der Waals surface area contributed by atoms with Crippen LogP contribution in [0, 0.1) is 5.92 Å². The van der Waals surface area contributed by atoms with Gasteiger partial charge in [-0.3, -0.25) is 4.79 Å². The molecule has 1 unspecified atom stereocenters. The highest BCUT2D eigenvalue weighted by Crippen LogP contribution is 2.26. The predicted octanol–water partition coefficient (Wildman–Crippen LogP) is 2.52. The Kier molecular flexibility index (Phi) is 7.20. The van der Waals surface area contributed by atoms with Crippen LogP contribution in [0.1, 0.15) is 39.0 Å². The SMILES string of the molecule is CCOc1ccc(OCC(=O)NCC(O)C2CCCCC2)cc1. The van der Waals surface area contributed by atoms with Crippen molar-refractivity contribution in [2.24, 2.45) is 5.92 Å². The zero-order chi connectivity index (χ0) is 16.5. The molecule has 5 heteroatoms. The number of aliphatic hydroxyl groups excluding tert-OH is 1. The van der Waals surface area contributed by atoms with Crippen LogP contribution in [0.5, 0.6) is 11.5 Å². The Bertz CT molecular complexity index is 468. The monoisotopic (exact) mass is 321 g/mol. The molecular weight excluding hydrogens is 294 g/mol. The second kappa shape index (κ2) is 9.40. The van der Waals surface area contributed by atoms with Crippen LogP contribution in [0.25, 0.3) is 0 Å². The Balaban J connectivity index is 1.66. The number of rotatable bonds is 8. The fourth-order valence-electron chi connectivity index (χ4n) is 2.90. The molecule has 0 saturated heterocycles. The molecule has 128 valence electrons. The zero-order valence-corrected chi connectivity index (χ0v) is 13.8. The second-order valence-corrected chi connectivity index (χ2v) is 5.96. The molecule has 1 amide bonds. The molecule has 23 heavy (non-hydrogen) atoms. The number of carbonyl (C=O) groups excluding carboxylic acids is 1. The second-order valence-electron chi connectivity index (χ2n) is 5.96. The summed E-state index contributed by atoms with van der Waals surface area (Å²) in [4.78, 5) is 11.8. The highest BCUT2D eigenvalue weighted by atomic mass is 16.5. The molecule has 1 atom stereocenters. The van der Waals surface area contributed by atoms with Crippen LogP contribution in [0.2, 0.25) is 0 Å². The molecular formula is C18H27NO4. The number of amides is 1. The fourth-order valence-corrected chi connectivity index (χ4v) is 2.90. The summed E-state index contributed by atoms with van der Waals surface area (Å²) in [5.74, 6) is 1.50. The van der Waals surface area contributed by atoms with E-state index in [9.17, 15) is 9.90 Å². The Labute approximate surface area is 138 Å². The summed E-state index contributed by atoms with van der Waals surface area (Å²) in [5, 5.41) is 12.9. The van der Waals surface area contributed by atoms with Crippen LogP contribution in [0.3, 0.4) is 0 Å². The average molecular weight is 321 g/mol. The number of aliphatic hydroxyl groups is 1. The van der Waals surface area contributed by atoms with Crippen LogP contribution in [0.4, 0.5) is 0 Å². The minimum Gasteiger partial charge on any atom is -0.494 e. The number of ether oxygens (including phenoxy) is 2. The van der Waals surface area contributed by atoms with Gasteiger partial charge in [0.05, 0.1) is 12.7 Å². The van der Waals surface area contributed by atoms with Gasteiger partial charge in [-0.1, -0.05) is 19.3 Å². The van der Waals surface area contributed by atoms with E-state index in [0.717, 1.165) is 18.6 Å². The van der Waals surface area contributed by atoms with E-state index in [0.29, 0.717) is 24.8 Å². The molecule has 1 aliphatic rings. The molecule has 1 fully saturated rings. The molecule has 0 aromatic heterocycles. The minimum absolute atomic E-state index is 0.0502. The summed E-state index contributed by atoms with van der Waals surface area (Å²) < 4.78 is 10.8. The molecule has 2 rings (SSSR count). The van der Waals surface area contributed by atoms with Crippen LogP contribution < -0.4 is 14.8 Å². The Morgan fingerprint density at radius 3 is 2.39 bits per heavy atom. The van der Waals surface area contributed by atoms with Crippen molar-refractivity contribution in [3.63, 3.8) is 0 Å². The Morgan fingerprint density at radius 1 is 1.17 bits per heavy atom. The van der Waals surface area contributed by atoms with E-state index >= 15 is 0 Å². The molecule has 1 aliphatic carbocycles. The standard InChI is InChI=1S/C18H27NO4/c1-2-22-15-8-10-16(11-9-15)23-13-18(21)19-12-17(20)14-6-4-3-5-7-14/h8-11,14,17,20H,2-7,12-13H2,1H3,(H,19,21). The molecule has 1 aromatic carbocycles. The smallest absolute Gasteiger partial charge is 0.258 e. The normalized spacial score (nSPS) is 16.6. The quantitative estimate of drug-likeness (QED) is 0.772. The van der Waals surface area contributed by atoms with E-state index in [1.165, 1.54) is 19.3 Å². The van der Waals surface area contributed by atoms with E-state index in [4.69, 9.17) is 9.47 Å².